The Bertz CT molecular complexity index is 811. The van der Waals surface area contributed by atoms with Gasteiger partial charge in [0, 0.05) is 0 Å². The van der Waals surface area contributed by atoms with E-state index in [0.717, 1.165) is 5.56 Å². The zero-order valence-electron chi connectivity index (χ0n) is 12.2. The van der Waals surface area contributed by atoms with Crippen molar-refractivity contribution in [3.8, 4) is 0 Å². The molecule has 5 nitrogen and oxygen atoms in total. The van der Waals surface area contributed by atoms with Gasteiger partial charge in [0.2, 0.25) is 0 Å². The molecule has 23 heavy (non-hydrogen) atoms. The normalized spacial score (nSPS) is 14.5. The molecule has 2 aromatic rings. The third-order valence-electron chi connectivity index (χ3n) is 3.66. The third-order valence-corrected chi connectivity index (χ3v) is 3.66. The molecule has 1 aliphatic rings. The number of hydrogen-bond acceptors (Lipinski definition) is 3. The first-order valence-corrected chi connectivity index (χ1v) is 7.07. The van der Waals surface area contributed by atoms with Crippen LogP contribution in [-0.4, -0.2) is 27.6 Å². The molecule has 0 saturated carbocycles. The number of hydrogen-bond donors (Lipinski definition) is 2. The highest BCUT2D eigenvalue weighted by molar-refractivity contribution is 6.55. The molecule has 1 aliphatic heterocycles. The minimum atomic E-state index is -1.27. The number of amides is 1. The summed E-state index contributed by atoms with van der Waals surface area (Å²) in [5.41, 5.74) is 1.02. The number of carboxylic acid groups (broad SMARTS) is 1. The third kappa shape index (κ3) is 2.64. The second kappa shape index (κ2) is 5.88. The fourth-order valence-corrected chi connectivity index (χ4v) is 2.62. The molecule has 114 valence electrons. The summed E-state index contributed by atoms with van der Waals surface area (Å²) < 4.78 is 0. The van der Waals surface area contributed by atoms with Gasteiger partial charge >= 0.3 is 5.97 Å². The van der Waals surface area contributed by atoms with E-state index in [4.69, 9.17) is 5.41 Å². The SMILES string of the molecule is N=C1C(=O)N(Cc2ccccc2)C(c2ccccc2)=C1C(=O)O. The van der Waals surface area contributed by atoms with Crippen LogP contribution in [0, 0.1) is 5.41 Å². The van der Waals surface area contributed by atoms with Crippen molar-refractivity contribution < 1.29 is 14.7 Å². The summed E-state index contributed by atoms with van der Waals surface area (Å²) in [4.78, 5) is 25.3. The predicted molar refractivity (Wildman–Crippen MR) is 85.7 cm³/mol. The number of rotatable bonds is 4. The standard InChI is InChI=1S/C18H14N2O3/c19-15-14(18(22)23)16(13-9-5-2-6-10-13)20(17(15)21)11-12-7-3-1-4-8-12/h1-10,19H,11H2,(H,22,23). The molecule has 0 atom stereocenters. The number of carbonyl (C=O) groups is 2. The summed E-state index contributed by atoms with van der Waals surface area (Å²) in [7, 11) is 0. The molecule has 3 rings (SSSR count). The van der Waals surface area contributed by atoms with Gasteiger partial charge in [0.1, 0.15) is 11.3 Å². The lowest BCUT2D eigenvalue weighted by molar-refractivity contribution is -0.132. The molecule has 0 aromatic heterocycles. The van der Waals surface area contributed by atoms with Gasteiger partial charge in [-0.3, -0.25) is 10.2 Å². The Morgan fingerprint density at radius 3 is 2.13 bits per heavy atom. The van der Waals surface area contributed by atoms with Crippen LogP contribution in [0.25, 0.3) is 5.70 Å². The number of carboxylic acids is 1. The first kappa shape index (κ1) is 14.7. The zero-order chi connectivity index (χ0) is 16.4. The van der Waals surface area contributed by atoms with Gasteiger partial charge in [-0.15, -0.1) is 0 Å². The van der Waals surface area contributed by atoms with Crippen LogP contribution in [0.5, 0.6) is 0 Å². The van der Waals surface area contributed by atoms with Crippen LogP contribution in [0.1, 0.15) is 11.1 Å². The lowest BCUT2D eigenvalue weighted by Crippen LogP contribution is -2.28. The summed E-state index contributed by atoms with van der Waals surface area (Å²) in [5.74, 6) is -1.86. The van der Waals surface area contributed by atoms with E-state index in [1.807, 2.05) is 36.4 Å². The average Bonchev–Trinajstić information content (AvgIpc) is 2.82. The molecule has 5 heteroatoms. The monoisotopic (exact) mass is 306 g/mol. The Hall–Kier alpha value is -3.21. The van der Waals surface area contributed by atoms with Gasteiger partial charge in [-0.25, -0.2) is 4.79 Å². The molecule has 0 radical (unpaired) electrons. The van der Waals surface area contributed by atoms with E-state index >= 15 is 0 Å². The van der Waals surface area contributed by atoms with Crippen LogP contribution in [0.4, 0.5) is 0 Å². The van der Waals surface area contributed by atoms with Crippen LogP contribution in [0.15, 0.2) is 66.2 Å². The van der Waals surface area contributed by atoms with Crippen molar-refractivity contribution in [3.05, 3.63) is 77.4 Å². The topological polar surface area (TPSA) is 81.5 Å². The highest BCUT2D eigenvalue weighted by Gasteiger charge is 2.39. The molecule has 2 aromatic carbocycles. The summed E-state index contributed by atoms with van der Waals surface area (Å²) >= 11 is 0. The van der Waals surface area contributed by atoms with Crippen LogP contribution >= 0.6 is 0 Å². The summed E-state index contributed by atoms with van der Waals surface area (Å²) in [6, 6.07) is 18.1. The van der Waals surface area contributed by atoms with Gasteiger partial charge in [-0.05, 0) is 11.1 Å². The quantitative estimate of drug-likeness (QED) is 0.910. The smallest absolute Gasteiger partial charge is 0.340 e. The van der Waals surface area contributed by atoms with Crippen molar-refractivity contribution in [3.63, 3.8) is 0 Å². The number of nitrogens with one attached hydrogen (secondary N) is 1. The number of aliphatic carboxylic acids is 1. The molecule has 1 heterocycles. The molecule has 0 spiro atoms. The summed E-state index contributed by atoms with van der Waals surface area (Å²) in [5, 5.41) is 17.3. The van der Waals surface area contributed by atoms with Crippen molar-refractivity contribution in [1.82, 2.24) is 4.90 Å². The van der Waals surface area contributed by atoms with Gasteiger partial charge in [0.05, 0.1) is 12.2 Å². The average molecular weight is 306 g/mol. The minimum absolute atomic E-state index is 0.225. The molecule has 0 unspecified atom stereocenters. The van der Waals surface area contributed by atoms with Gasteiger partial charge in [0.15, 0.2) is 0 Å². The van der Waals surface area contributed by atoms with E-state index in [1.165, 1.54) is 4.90 Å². The second-order valence-corrected chi connectivity index (χ2v) is 5.15. The molecule has 2 N–H and O–H groups in total. The highest BCUT2D eigenvalue weighted by atomic mass is 16.4. The fourth-order valence-electron chi connectivity index (χ4n) is 2.62. The van der Waals surface area contributed by atoms with Crippen molar-refractivity contribution in [1.29, 1.82) is 5.41 Å². The van der Waals surface area contributed by atoms with Crippen molar-refractivity contribution in [2.45, 2.75) is 6.54 Å². The zero-order valence-corrected chi connectivity index (χ0v) is 12.2. The van der Waals surface area contributed by atoms with Gasteiger partial charge in [0.25, 0.3) is 5.91 Å². The molecular weight excluding hydrogens is 292 g/mol. The summed E-state index contributed by atoms with van der Waals surface area (Å²) in [6.45, 7) is 0.225. The maximum Gasteiger partial charge on any atom is 0.340 e. The number of carbonyl (C=O) groups excluding carboxylic acids is 1. The minimum Gasteiger partial charge on any atom is -0.478 e. The van der Waals surface area contributed by atoms with Crippen LogP contribution < -0.4 is 0 Å². The Morgan fingerprint density at radius 2 is 1.57 bits per heavy atom. The van der Waals surface area contributed by atoms with Crippen molar-refractivity contribution in [2.75, 3.05) is 0 Å². The van der Waals surface area contributed by atoms with Crippen LogP contribution in [0.3, 0.4) is 0 Å². The van der Waals surface area contributed by atoms with Gasteiger partial charge in [-0.1, -0.05) is 60.7 Å². The molecule has 0 saturated heterocycles. The first-order chi connectivity index (χ1) is 11.1. The van der Waals surface area contributed by atoms with Crippen molar-refractivity contribution >= 4 is 23.3 Å². The van der Waals surface area contributed by atoms with Gasteiger partial charge < -0.3 is 10.0 Å². The van der Waals surface area contributed by atoms with E-state index < -0.39 is 17.6 Å². The molecule has 0 aliphatic carbocycles. The second-order valence-electron chi connectivity index (χ2n) is 5.15. The van der Waals surface area contributed by atoms with E-state index in [0.29, 0.717) is 5.56 Å². The van der Waals surface area contributed by atoms with E-state index in [-0.39, 0.29) is 17.8 Å². The highest BCUT2D eigenvalue weighted by Crippen LogP contribution is 2.32. The fraction of sp³-hybridized carbons (Fsp3) is 0.0556. The number of nitrogens with zero attached hydrogens (tertiary/aromatic N) is 1. The maximum atomic E-state index is 12.4. The number of benzene rings is 2. The Morgan fingerprint density at radius 1 is 1.00 bits per heavy atom. The lowest BCUT2D eigenvalue weighted by atomic mass is 10.1. The Balaban J connectivity index is 2.11. The van der Waals surface area contributed by atoms with Crippen molar-refractivity contribution in [2.24, 2.45) is 0 Å². The van der Waals surface area contributed by atoms with E-state index in [9.17, 15) is 14.7 Å². The Kier molecular flexibility index (Phi) is 3.76. The molecule has 0 bridgehead atoms. The first-order valence-electron chi connectivity index (χ1n) is 7.07. The predicted octanol–water partition coefficient (Wildman–Crippen LogP) is 2.54. The van der Waals surface area contributed by atoms with Crippen LogP contribution in [0.2, 0.25) is 0 Å². The van der Waals surface area contributed by atoms with E-state index in [1.54, 1.807) is 24.3 Å². The largest absolute Gasteiger partial charge is 0.478 e. The van der Waals surface area contributed by atoms with E-state index in [2.05, 4.69) is 0 Å². The van der Waals surface area contributed by atoms with Gasteiger partial charge in [-0.2, -0.15) is 0 Å². The maximum absolute atomic E-state index is 12.4. The Labute approximate surface area is 133 Å². The van der Waals surface area contributed by atoms with Crippen LogP contribution in [-0.2, 0) is 16.1 Å². The lowest BCUT2D eigenvalue weighted by Gasteiger charge is -2.20. The molecular formula is C18H14N2O3. The molecule has 1 amide bonds. The summed E-state index contributed by atoms with van der Waals surface area (Å²) in [6.07, 6.45) is 0. The molecule has 0 fully saturated rings.